The number of para-hydroxylation sites is 2. The number of nitrogens with one attached hydrogen (secondary N) is 1. The minimum atomic E-state index is 0.726. The van der Waals surface area contributed by atoms with Crippen LogP contribution in [0.1, 0.15) is 5.56 Å². The Morgan fingerprint density at radius 3 is 2.54 bits per heavy atom. The molecule has 0 aliphatic carbocycles. The van der Waals surface area contributed by atoms with Gasteiger partial charge in [0.25, 0.3) is 0 Å². The van der Waals surface area contributed by atoms with E-state index in [1.54, 1.807) is 13.4 Å². The van der Waals surface area contributed by atoms with Crippen LogP contribution in [0.25, 0.3) is 0 Å². The van der Waals surface area contributed by atoms with Crippen molar-refractivity contribution in [1.82, 2.24) is 9.97 Å². The second kappa shape index (κ2) is 7.46. The molecule has 0 spiro atoms. The van der Waals surface area contributed by atoms with Crippen molar-refractivity contribution in [3.8, 4) is 5.75 Å². The van der Waals surface area contributed by atoms with Crippen LogP contribution in [0.2, 0.25) is 0 Å². The fraction of sp³-hybridized carbons (Fsp3) is 0.158. The number of aromatic nitrogens is 2. The third kappa shape index (κ3) is 3.81. The molecular weight excluding hydrogens is 300 g/mol. The van der Waals surface area contributed by atoms with E-state index in [-0.39, 0.29) is 0 Å². The Balaban J connectivity index is 1.76. The van der Waals surface area contributed by atoms with Gasteiger partial charge in [0.2, 0.25) is 0 Å². The molecule has 0 bridgehead atoms. The van der Waals surface area contributed by atoms with Crippen molar-refractivity contribution in [2.24, 2.45) is 0 Å². The van der Waals surface area contributed by atoms with Gasteiger partial charge in [-0.05, 0) is 17.7 Å². The highest BCUT2D eigenvalue weighted by Gasteiger charge is 2.07. The third-order valence-corrected chi connectivity index (χ3v) is 3.68. The normalized spacial score (nSPS) is 10.2. The van der Waals surface area contributed by atoms with Crippen LogP contribution in [0.3, 0.4) is 0 Å². The highest BCUT2D eigenvalue weighted by molar-refractivity contribution is 5.65. The number of nitrogens with zero attached hydrogens (tertiary/aromatic N) is 3. The van der Waals surface area contributed by atoms with Gasteiger partial charge in [-0.1, -0.05) is 42.5 Å². The molecule has 1 N–H and O–H groups in total. The van der Waals surface area contributed by atoms with Gasteiger partial charge in [0.15, 0.2) is 0 Å². The number of rotatable bonds is 6. The highest BCUT2D eigenvalue weighted by Crippen LogP contribution is 2.27. The first-order valence-electron chi connectivity index (χ1n) is 7.73. The van der Waals surface area contributed by atoms with Crippen LogP contribution < -0.4 is 15.0 Å². The van der Waals surface area contributed by atoms with Crippen molar-refractivity contribution in [2.45, 2.75) is 6.54 Å². The zero-order valence-electron chi connectivity index (χ0n) is 13.8. The van der Waals surface area contributed by atoms with Crippen LogP contribution in [-0.2, 0) is 6.54 Å². The van der Waals surface area contributed by atoms with Gasteiger partial charge in [0.05, 0.1) is 12.8 Å². The van der Waals surface area contributed by atoms with E-state index in [9.17, 15) is 0 Å². The fourth-order valence-corrected chi connectivity index (χ4v) is 2.45. The molecule has 3 aromatic rings. The fourth-order valence-electron chi connectivity index (χ4n) is 2.45. The average molecular weight is 320 g/mol. The van der Waals surface area contributed by atoms with Crippen LogP contribution in [0.4, 0.5) is 17.3 Å². The second-order valence-corrected chi connectivity index (χ2v) is 5.43. The van der Waals surface area contributed by atoms with Crippen LogP contribution in [0.5, 0.6) is 5.75 Å². The molecule has 0 saturated heterocycles. The SMILES string of the molecule is COc1ccccc1Nc1cc(N(C)Cc2ccccc2)ncn1. The number of hydrogen-bond acceptors (Lipinski definition) is 5. The summed E-state index contributed by atoms with van der Waals surface area (Å²) in [6, 6.07) is 20.0. The smallest absolute Gasteiger partial charge is 0.142 e. The summed E-state index contributed by atoms with van der Waals surface area (Å²) in [4.78, 5) is 10.7. The van der Waals surface area contributed by atoms with Crippen molar-refractivity contribution in [2.75, 3.05) is 24.4 Å². The molecule has 2 aromatic carbocycles. The molecule has 0 saturated carbocycles. The van der Waals surface area contributed by atoms with Crippen LogP contribution in [-0.4, -0.2) is 24.1 Å². The van der Waals surface area contributed by atoms with E-state index in [1.807, 2.05) is 55.6 Å². The molecule has 5 nitrogen and oxygen atoms in total. The average Bonchev–Trinajstić information content (AvgIpc) is 2.63. The van der Waals surface area contributed by atoms with Gasteiger partial charge in [0, 0.05) is 19.7 Å². The van der Waals surface area contributed by atoms with E-state index in [1.165, 1.54) is 5.56 Å². The third-order valence-electron chi connectivity index (χ3n) is 3.68. The summed E-state index contributed by atoms with van der Waals surface area (Å²) in [6.07, 6.45) is 1.56. The summed E-state index contributed by atoms with van der Waals surface area (Å²) in [6.45, 7) is 0.784. The van der Waals surface area contributed by atoms with Crippen molar-refractivity contribution in [3.63, 3.8) is 0 Å². The highest BCUT2D eigenvalue weighted by atomic mass is 16.5. The lowest BCUT2D eigenvalue weighted by Gasteiger charge is -2.19. The monoisotopic (exact) mass is 320 g/mol. The Hall–Kier alpha value is -3.08. The zero-order valence-corrected chi connectivity index (χ0v) is 13.8. The minimum Gasteiger partial charge on any atom is -0.495 e. The Morgan fingerprint density at radius 1 is 1.00 bits per heavy atom. The van der Waals surface area contributed by atoms with Gasteiger partial charge in [-0.25, -0.2) is 9.97 Å². The largest absolute Gasteiger partial charge is 0.495 e. The molecule has 3 rings (SSSR count). The molecule has 24 heavy (non-hydrogen) atoms. The first-order chi connectivity index (χ1) is 11.8. The predicted molar refractivity (Wildman–Crippen MR) is 96.9 cm³/mol. The molecule has 0 radical (unpaired) electrons. The molecule has 1 heterocycles. The lowest BCUT2D eigenvalue weighted by molar-refractivity contribution is 0.417. The zero-order chi connectivity index (χ0) is 16.8. The van der Waals surface area contributed by atoms with Crippen molar-refractivity contribution in [1.29, 1.82) is 0 Å². The first kappa shape index (κ1) is 15.8. The van der Waals surface area contributed by atoms with Gasteiger partial charge < -0.3 is 15.0 Å². The minimum absolute atomic E-state index is 0.726. The predicted octanol–water partition coefficient (Wildman–Crippen LogP) is 3.87. The summed E-state index contributed by atoms with van der Waals surface area (Å²) in [7, 11) is 3.67. The van der Waals surface area contributed by atoms with Crippen molar-refractivity contribution in [3.05, 3.63) is 72.6 Å². The summed E-state index contributed by atoms with van der Waals surface area (Å²) >= 11 is 0. The van der Waals surface area contributed by atoms with Gasteiger partial charge >= 0.3 is 0 Å². The second-order valence-electron chi connectivity index (χ2n) is 5.43. The number of anilines is 3. The maximum atomic E-state index is 5.36. The Labute approximate surface area is 142 Å². The van der Waals surface area contributed by atoms with Crippen molar-refractivity contribution < 1.29 is 4.74 Å². The van der Waals surface area contributed by atoms with Gasteiger partial charge in [0.1, 0.15) is 23.7 Å². The summed E-state index contributed by atoms with van der Waals surface area (Å²) in [5, 5.41) is 3.28. The van der Waals surface area contributed by atoms with E-state index < -0.39 is 0 Å². The van der Waals surface area contributed by atoms with Gasteiger partial charge in [-0.3, -0.25) is 0 Å². The topological polar surface area (TPSA) is 50.3 Å². The molecule has 1 aromatic heterocycles. The van der Waals surface area contributed by atoms with Crippen LogP contribution >= 0.6 is 0 Å². The quantitative estimate of drug-likeness (QED) is 0.747. The number of hydrogen-bond donors (Lipinski definition) is 1. The lowest BCUT2D eigenvalue weighted by Crippen LogP contribution is -2.17. The van der Waals surface area contributed by atoms with Crippen molar-refractivity contribution >= 4 is 17.3 Å². The van der Waals surface area contributed by atoms with E-state index in [0.717, 1.165) is 29.6 Å². The van der Waals surface area contributed by atoms with Gasteiger partial charge in [-0.15, -0.1) is 0 Å². The molecule has 0 fully saturated rings. The van der Waals surface area contributed by atoms with E-state index in [4.69, 9.17) is 4.74 Å². The number of ether oxygens (including phenoxy) is 1. The van der Waals surface area contributed by atoms with E-state index in [2.05, 4.69) is 32.3 Å². The molecule has 0 aliphatic rings. The standard InChI is InChI=1S/C19H20N4O/c1-23(13-15-8-4-3-5-9-15)19-12-18(20-14-21-19)22-16-10-6-7-11-17(16)24-2/h3-12,14H,13H2,1-2H3,(H,20,21,22). The summed E-state index contributed by atoms with van der Waals surface area (Å²) < 4.78 is 5.36. The molecular formula is C19H20N4O. The number of methoxy groups -OCH3 is 1. The molecule has 122 valence electrons. The lowest BCUT2D eigenvalue weighted by atomic mass is 10.2. The maximum Gasteiger partial charge on any atom is 0.142 e. The van der Waals surface area contributed by atoms with E-state index in [0.29, 0.717) is 0 Å². The summed E-state index contributed by atoms with van der Waals surface area (Å²) in [5.74, 6) is 2.35. The molecule has 5 heteroatoms. The summed E-state index contributed by atoms with van der Waals surface area (Å²) in [5.41, 5.74) is 2.10. The van der Waals surface area contributed by atoms with E-state index >= 15 is 0 Å². The Kier molecular flexibility index (Phi) is 4.91. The maximum absolute atomic E-state index is 5.36. The molecule has 0 unspecified atom stereocenters. The van der Waals surface area contributed by atoms with Crippen LogP contribution in [0.15, 0.2) is 67.0 Å². The molecule has 0 amide bonds. The Morgan fingerprint density at radius 2 is 1.75 bits per heavy atom. The Bertz CT molecular complexity index is 792. The number of benzene rings is 2. The first-order valence-corrected chi connectivity index (χ1v) is 7.73. The van der Waals surface area contributed by atoms with Crippen LogP contribution in [0, 0.1) is 0 Å². The van der Waals surface area contributed by atoms with Gasteiger partial charge in [-0.2, -0.15) is 0 Å². The molecule has 0 atom stereocenters. The molecule has 0 aliphatic heterocycles.